The second-order valence-corrected chi connectivity index (χ2v) is 4.97. The van der Waals surface area contributed by atoms with Crippen LogP contribution in [0.4, 0.5) is 11.5 Å². The number of hydrogen-bond donors (Lipinski definition) is 1. The standard InChI is InChI=1S/C16H9N3O4/c20-8-17-9-5-6-12-13(7-9)23-18-14(12)19-15(21)10-3-1-2-4-11(10)16(19)22/h1-8H,(H,17,20). The molecule has 1 aliphatic heterocycles. The molecule has 2 aromatic carbocycles. The first-order chi connectivity index (χ1) is 11.2. The van der Waals surface area contributed by atoms with Crippen LogP contribution in [-0.2, 0) is 4.79 Å². The Labute approximate surface area is 129 Å². The molecule has 0 atom stereocenters. The predicted molar refractivity (Wildman–Crippen MR) is 81.3 cm³/mol. The number of imide groups is 1. The Morgan fingerprint density at radius 2 is 1.74 bits per heavy atom. The maximum absolute atomic E-state index is 12.5. The summed E-state index contributed by atoms with van der Waals surface area (Å²) in [5, 5.41) is 6.86. The van der Waals surface area contributed by atoms with Gasteiger partial charge in [-0.25, -0.2) is 4.90 Å². The summed E-state index contributed by atoms with van der Waals surface area (Å²) in [6, 6.07) is 11.4. The van der Waals surface area contributed by atoms with Crippen LogP contribution in [0.1, 0.15) is 20.7 Å². The fourth-order valence-electron chi connectivity index (χ4n) is 2.62. The molecule has 3 amide bonds. The van der Waals surface area contributed by atoms with Crippen molar-refractivity contribution >= 4 is 40.7 Å². The third kappa shape index (κ3) is 1.83. The number of carbonyl (C=O) groups excluding carboxylic acids is 3. The average Bonchev–Trinajstić information content (AvgIpc) is 3.08. The number of aromatic nitrogens is 1. The zero-order valence-corrected chi connectivity index (χ0v) is 11.6. The van der Waals surface area contributed by atoms with Crippen LogP contribution in [0.25, 0.3) is 11.0 Å². The third-order valence-electron chi connectivity index (χ3n) is 3.68. The molecule has 112 valence electrons. The minimum absolute atomic E-state index is 0.142. The second-order valence-electron chi connectivity index (χ2n) is 4.97. The summed E-state index contributed by atoms with van der Waals surface area (Å²) in [7, 11) is 0. The molecule has 0 saturated heterocycles. The maximum atomic E-state index is 12.5. The van der Waals surface area contributed by atoms with Gasteiger partial charge in [0.2, 0.25) is 6.41 Å². The van der Waals surface area contributed by atoms with Gasteiger partial charge < -0.3 is 9.84 Å². The molecule has 2 heterocycles. The van der Waals surface area contributed by atoms with Gasteiger partial charge >= 0.3 is 0 Å². The Morgan fingerprint density at radius 3 is 2.39 bits per heavy atom. The van der Waals surface area contributed by atoms with Crippen LogP contribution in [0.2, 0.25) is 0 Å². The van der Waals surface area contributed by atoms with Gasteiger partial charge in [-0.05, 0) is 24.3 Å². The Balaban J connectivity index is 1.83. The normalized spacial score (nSPS) is 13.5. The summed E-state index contributed by atoms with van der Waals surface area (Å²) < 4.78 is 5.19. The fraction of sp³-hybridized carbons (Fsp3) is 0. The van der Waals surface area contributed by atoms with Crippen molar-refractivity contribution in [3.63, 3.8) is 0 Å². The van der Waals surface area contributed by atoms with E-state index in [4.69, 9.17) is 4.52 Å². The topological polar surface area (TPSA) is 92.5 Å². The monoisotopic (exact) mass is 307 g/mol. The van der Waals surface area contributed by atoms with Crippen LogP contribution in [0.3, 0.4) is 0 Å². The highest BCUT2D eigenvalue weighted by molar-refractivity contribution is 6.35. The lowest BCUT2D eigenvalue weighted by Crippen LogP contribution is -2.29. The van der Waals surface area contributed by atoms with Crippen molar-refractivity contribution in [1.82, 2.24) is 5.16 Å². The number of carbonyl (C=O) groups is 3. The van der Waals surface area contributed by atoms with Gasteiger partial charge in [-0.3, -0.25) is 14.4 Å². The number of nitrogens with one attached hydrogen (secondary N) is 1. The molecule has 7 nitrogen and oxygen atoms in total. The molecular formula is C16H9N3O4. The van der Waals surface area contributed by atoms with Gasteiger partial charge in [0.15, 0.2) is 11.4 Å². The van der Waals surface area contributed by atoms with Crippen molar-refractivity contribution < 1.29 is 18.9 Å². The Bertz CT molecular complexity index is 941. The molecule has 7 heteroatoms. The average molecular weight is 307 g/mol. The summed E-state index contributed by atoms with van der Waals surface area (Å²) in [4.78, 5) is 36.5. The predicted octanol–water partition coefficient (Wildman–Crippen LogP) is 2.20. The first kappa shape index (κ1) is 13.2. The highest BCUT2D eigenvalue weighted by Crippen LogP contribution is 2.33. The first-order valence-electron chi connectivity index (χ1n) is 6.78. The van der Waals surface area contributed by atoms with E-state index in [-0.39, 0.29) is 5.82 Å². The zero-order chi connectivity index (χ0) is 16.0. The quantitative estimate of drug-likeness (QED) is 0.591. The molecule has 0 radical (unpaired) electrons. The van der Waals surface area contributed by atoms with Crippen molar-refractivity contribution in [2.24, 2.45) is 0 Å². The summed E-state index contributed by atoms with van der Waals surface area (Å²) in [6.07, 6.45) is 0.544. The Hall–Kier alpha value is -3.48. The maximum Gasteiger partial charge on any atom is 0.267 e. The molecule has 23 heavy (non-hydrogen) atoms. The van der Waals surface area contributed by atoms with Crippen molar-refractivity contribution in [3.05, 3.63) is 53.6 Å². The highest BCUT2D eigenvalue weighted by Gasteiger charge is 2.38. The fourth-order valence-corrected chi connectivity index (χ4v) is 2.62. The van der Waals surface area contributed by atoms with Crippen molar-refractivity contribution in [2.75, 3.05) is 10.2 Å². The van der Waals surface area contributed by atoms with Gasteiger partial charge in [0.05, 0.1) is 16.5 Å². The Kier molecular flexibility index (Phi) is 2.74. The van der Waals surface area contributed by atoms with Gasteiger partial charge in [-0.2, -0.15) is 0 Å². The van der Waals surface area contributed by atoms with E-state index >= 15 is 0 Å². The molecule has 3 aromatic rings. The molecule has 4 rings (SSSR count). The summed E-state index contributed by atoms with van der Waals surface area (Å²) in [6.45, 7) is 0. The number of rotatable bonds is 3. The van der Waals surface area contributed by atoms with Crippen molar-refractivity contribution in [1.29, 1.82) is 0 Å². The second kappa shape index (κ2) is 4.77. The number of benzene rings is 2. The lowest BCUT2D eigenvalue weighted by molar-refractivity contribution is -0.105. The zero-order valence-electron chi connectivity index (χ0n) is 11.6. The van der Waals surface area contributed by atoms with Gasteiger partial charge in [0.1, 0.15) is 0 Å². The number of fused-ring (bicyclic) bond motifs is 2. The van der Waals surface area contributed by atoms with E-state index in [1.54, 1.807) is 42.5 Å². The van der Waals surface area contributed by atoms with Gasteiger partial charge in [0.25, 0.3) is 11.8 Å². The lowest BCUT2D eigenvalue weighted by Gasteiger charge is -2.09. The van der Waals surface area contributed by atoms with Crippen LogP contribution >= 0.6 is 0 Å². The number of anilines is 2. The van der Waals surface area contributed by atoms with E-state index in [0.29, 0.717) is 34.2 Å². The lowest BCUT2D eigenvalue weighted by atomic mass is 10.1. The van der Waals surface area contributed by atoms with Crippen molar-refractivity contribution in [2.45, 2.75) is 0 Å². The van der Waals surface area contributed by atoms with Gasteiger partial charge in [0, 0.05) is 11.8 Å². The molecule has 1 N–H and O–H groups in total. The summed E-state index contributed by atoms with van der Waals surface area (Å²) >= 11 is 0. The van der Waals surface area contributed by atoms with E-state index in [1.165, 1.54) is 0 Å². The highest BCUT2D eigenvalue weighted by atomic mass is 16.5. The number of hydrogen-bond acceptors (Lipinski definition) is 5. The first-order valence-corrected chi connectivity index (χ1v) is 6.78. The van der Waals surface area contributed by atoms with E-state index in [0.717, 1.165) is 4.90 Å². The van der Waals surface area contributed by atoms with E-state index in [9.17, 15) is 14.4 Å². The third-order valence-corrected chi connectivity index (χ3v) is 3.68. The van der Waals surface area contributed by atoms with E-state index in [2.05, 4.69) is 10.5 Å². The molecule has 1 aromatic heterocycles. The molecular weight excluding hydrogens is 298 g/mol. The molecule has 0 saturated carbocycles. The van der Waals surface area contributed by atoms with Gasteiger partial charge in [-0.15, -0.1) is 0 Å². The number of amides is 3. The van der Waals surface area contributed by atoms with Gasteiger partial charge in [-0.1, -0.05) is 17.3 Å². The molecule has 0 bridgehead atoms. The minimum Gasteiger partial charge on any atom is -0.354 e. The molecule has 0 unspecified atom stereocenters. The van der Waals surface area contributed by atoms with E-state index in [1.807, 2.05) is 0 Å². The van der Waals surface area contributed by atoms with Crippen molar-refractivity contribution in [3.8, 4) is 0 Å². The van der Waals surface area contributed by atoms with E-state index < -0.39 is 11.8 Å². The minimum atomic E-state index is -0.434. The van der Waals surface area contributed by atoms with Crippen LogP contribution < -0.4 is 10.2 Å². The summed E-state index contributed by atoms with van der Waals surface area (Å²) in [5.41, 5.74) is 1.57. The molecule has 0 spiro atoms. The number of nitrogens with zero attached hydrogens (tertiary/aromatic N) is 2. The van der Waals surface area contributed by atoms with Crippen LogP contribution in [0.5, 0.6) is 0 Å². The molecule has 0 fully saturated rings. The molecule has 1 aliphatic rings. The van der Waals surface area contributed by atoms with Crippen LogP contribution in [0, 0.1) is 0 Å². The van der Waals surface area contributed by atoms with Crippen LogP contribution in [-0.4, -0.2) is 23.4 Å². The largest absolute Gasteiger partial charge is 0.354 e. The molecule has 0 aliphatic carbocycles. The van der Waals surface area contributed by atoms with Crippen LogP contribution in [0.15, 0.2) is 47.0 Å². The smallest absolute Gasteiger partial charge is 0.267 e. The SMILES string of the molecule is O=CNc1ccc2c(N3C(=O)c4ccccc4C3=O)noc2c1. The summed E-state index contributed by atoms with van der Waals surface area (Å²) in [5.74, 6) is -0.726. The Morgan fingerprint density at radius 1 is 1.04 bits per heavy atom.